The first-order chi connectivity index (χ1) is 14.4. The highest BCUT2D eigenvalue weighted by atomic mass is 16.3. The Balaban J connectivity index is 1.48. The highest BCUT2D eigenvalue weighted by molar-refractivity contribution is 5.99. The zero-order chi connectivity index (χ0) is 21.3. The third-order valence-corrected chi connectivity index (χ3v) is 6.28. The van der Waals surface area contributed by atoms with Crippen LogP contribution in [0.5, 0.6) is 0 Å². The number of carbonyl (C=O) groups excluding carboxylic acids is 2. The lowest BCUT2D eigenvalue weighted by Crippen LogP contribution is -2.45. The molecule has 2 heterocycles. The molecule has 2 aromatic carbocycles. The van der Waals surface area contributed by atoms with Crippen molar-refractivity contribution in [2.24, 2.45) is 0 Å². The number of rotatable bonds is 3. The van der Waals surface area contributed by atoms with Gasteiger partial charge in [0.05, 0.1) is 12.1 Å². The van der Waals surface area contributed by atoms with Crippen LogP contribution in [-0.4, -0.2) is 59.0 Å². The fraction of sp³-hybridized carbons (Fsp3) is 0.417. The van der Waals surface area contributed by atoms with E-state index in [1.54, 1.807) is 17.0 Å². The van der Waals surface area contributed by atoms with Gasteiger partial charge in [-0.2, -0.15) is 0 Å². The van der Waals surface area contributed by atoms with Crippen molar-refractivity contribution in [3.8, 4) is 0 Å². The molecule has 1 unspecified atom stereocenters. The molecule has 2 N–H and O–H groups in total. The van der Waals surface area contributed by atoms with Gasteiger partial charge in [-0.15, -0.1) is 0 Å². The molecule has 1 saturated heterocycles. The molecule has 6 heteroatoms. The summed E-state index contributed by atoms with van der Waals surface area (Å²) in [7, 11) is 1.97. The van der Waals surface area contributed by atoms with E-state index in [2.05, 4.69) is 22.3 Å². The first-order valence-electron chi connectivity index (χ1n) is 10.6. The topological polar surface area (TPSA) is 72.9 Å². The van der Waals surface area contributed by atoms with Crippen molar-refractivity contribution >= 4 is 17.5 Å². The average molecular weight is 408 g/mol. The number of hydrogen-bond donors (Lipinski definition) is 2. The van der Waals surface area contributed by atoms with Crippen LogP contribution in [0.3, 0.4) is 0 Å². The summed E-state index contributed by atoms with van der Waals surface area (Å²) in [6.07, 6.45) is 1.57. The number of aliphatic hydroxyl groups is 1. The van der Waals surface area contributed by atoms with Crippen molar-refractivity contribution in [1.82, 2.24) is 9.80 Å². The predicted molar refractivity (Wildman–Crippen MR) is 116 cm³/mol. The first kappa shape index (κ1) is 20.6. The van der Waals surface area contributed by atoms with Gasteiger partial charge in [-0.1, -0.05) is 30.3 Å². The van der Waals surface area contributed by atoms with Gasteiger partial charge in [0.15, 0.2) is 0 Å². The second kappa shape index (κ2) is 8.58. The lowest BCUT2D eigenvalue weighted by atomic mass is 9.94. The standard InChI is InChI=1S/C24H29N3O3/c1-16-7-8-18(24(30)27-11-9-20(28)10-12-27)13-21(16)25-23(29)22-14-17-5-3-4-6-19(17)15-26(22)2/h3-8,13,20,22,28H,9-12,14-15H2,1-2H3,(H,25,29). The zero-order valence-electron chi connectivity index (χ0n) is 17.6. The second-order valence-corrected chi connectivity index (χ2v) is 8.45. The molecule has 0 aliphatic carbocycles. The minimum absolute atomic E-state index is 0.0545. The summed E-state index contributed by atoms with van der Waals surface area (Å²) in [5.74, 6) is -0.109. The summed E-state index contributed by atoms with van der Waals surface area (Å²) >= 11 is 0. The van der Waals surface area contributed by atoms with Gasteiger partial charge in [-0.05, 0) is 62.1 Å². The van der Waals surface area contributed by atoms with Gasteiger partial charge in [-0.3, -0.25) is 14.5 Å². The molecule has 2 aliphatic heterocycles. The van der Waals surface area contributed by atoms with Crippen molar-refractivity contribution in [1.29, 1.82) is 0 Å². The van der Waals surface area contributed by atoms with E-state index in [1.165, 1.54) is 11.1 Å². The average Bonchev–Trinajstić information content (AvgIpc) is 2.74. The highest BCUT2D eigenvalue weighted by Crippen LogP contribution is 2.25. The van der Waals surface area contributed by atoms with Gasteiger partial charge in [0, 0.05) is 30.9 Å². The number of likely N-dealkylation sites (tertiary alicyclic amines) is 1. The van der Waals surface area contributed by atoms with Crippen molar-refractivity contribution in [3.05, 3.63) is 64.7 Å². The fourth-order valence-corrected chi connectivity index (χ4v) is 4.30. The summed E-state index contributed by atoms with van der Waals surface area (Å²) in [5, 5.41) is 12.7. The van der Waals surface area contributed by atoms with Crippen LogP contribution in [0.4, 0.5) is 5.69 Å². The number of anilines is 1. The van der Waals surface area contributed by atoms with Gasteiger partial charge in [0.1, 0.15) is 0 Å². The number of aryl methyl sites for hydroxylation is 1. The Bertz CT molecular complexity index is 950. The Morgan fingerprint density at radius 2 is 1.77 bits per heavy atom. The molecule has 1 fully saturated rings. The molecule has 30 heavy (non-hydrogen) atoms. The molecule has 2 amide bonds. The van der Waals surface area contributed by atoms with E-state index < -0.39 is 0 Å². The van der Waals surface area contributed by atoms with Crippen molar-refractivity contribution < 1.29 is 14.7 Å². The lowest BCUT2D eigenvalue weighted by Gasteiger charge is -2.33. The highest BCUT2D eigenvalue weighted by Gasteiger charge is 2.29. The van der Waals surface area contributed by atoms with Crippen LogP contribution in [0.1, 0.15) is 39.9 Å². The smallest absolute Gasteiger partial charge is 0.253 e. The van der Waals surface area contributed by atoms with Gasteiger partial charge in [-0.25, -0.2) is 0 Å². The van der Waals surface area contributed by atoms with E-state index in [0.717, 1.165) is 12.1 Å². The van der Waals surface area contributed by atoms with Crippen LogP contribution in [0.2, 0.25) is 0 Å². The van der Waals surface area contributed by atoms with Crippen molar-refractivity contribution in [3.63, 3.8) is 0 Å². The minimum Gasteiger partial charge on any atom is -0.393 e. The minimum atomic E-state index is -0.320. The Hall–Kier alpha value is -2.70. The monoisotopic (exact) mass is 407 g/mol. The molecule has 6 nitrogen and oxygen atoms in total. The van der Waals surface area contributed by atoms with E-state index in [9.17, 15) is 14.7 Å². The third kappa shape index (κ3) is 4.25. The van der Waals surface area contributed by atoms with Gasteiger partial charge >= 0.3 is 0 Å². The van der Waals surface area contributed by atoms with Gasteiger partial charge in [0.2, 0.25) is 5.91 Å². The van der Waals surface area contributed by atoms with Crippen LogP contribution in [0, 0.1) is 6.92 Å². The molecule has 2 aliphatic rings. The Morgan fingerprint density at radius 1 is 1.07 bits per heavy atom. The summed E-state index contributed by atoms with van der Waals surface area (Å²) in [4.78, 5) is 29.8. The Labute approximate surface area is 177 Å². The van der Waals surface area contributed by atoms with E-state index >= 15 is 0 Å². The number of benzene rings is 2. The summed E-state index contributed by atoms with van der Waals surface area (Å²) in [6.45, 7) is 3.79. The normalized spacial score (nSPS) is 20.0. The quantitative estimate of drug-likeness (QED) is 0.820. The predicted octanol–water partition coefficient (Wildman–Crippen LogP) is 2.59. The van der Waals surface area contributed by atoms with Crippen molar-refractivity contribution in [2.45, 2.75) is 44.9 Å². The van der Waals surface area contributed by atoms with E-state index in [4.69, 9.17) is 0 Å². The zero-order valence-corrected chi connectivity index (χ0v) is 17.6. The summed E-state index contributed by atoms with van der Waals surface area (Å²) in [6, 6.07) is 13.4. The van der Waals surface area contributed by atoms with Crippen LogP contribution in [0.15, 0.2) is 42.5 Å². The number of aliphatic hydroxyl groups excluding tert-OH is 1. The molecule has 1 atom stereocenters. The molecule has 0 radical (unpaired) electrons. The van der Waals surface area contributed by atoms with Crippen LogP contribution in [0.25, 0.3) is 0 Å². The number of hydrogen-bond acceptors (Lipinski definition) is 4. The maximum atomic E-state index is 13.1. The molecule has 2 aromatic rings. The summed E-state index contributed by atoms with van der Waals surface area (Å²) < 4.78 is 0. The number of fused-ring (bicyclic) bond motifs is 1. The molecule has 4 rings (SSSR count). The number of likely N-dealkylation sites (N-methyl/N-ethyl adjacent to an activating group) is 1. The van der Waals surface area contributed by atoms with E-state index in [-0.39, 0.29) is 24.0 Å². The Morgan fingerprint density at radius 3 is 2.50 bits per heavy atom. The van der Waals surface area contributed by atoms with Crippen LogP contribution in [-0.2, 0) is 17.8 Å². The molecule has 0 aromatic heterocycles. The third-order valence-electron chi connectivity index (χ3n) is 6.28. The molecule has 0 saturated carbocycles. The van der Waals surface area contributed by atoms with Gasteiger partial charge < -0.3 is 15.3 Å². The largest absolute Gasteiger partial charge is 0.393 e. The number of nitrogens with one attached hydrogen (secondary N) is 1. The number of nitrogens with zero attached hydrogens (tertiary/aromatic N) is 2. The van der Waals surface area contributed by atoms with Crippen molar-refractivity contribution in [2.75, 3.05) is 25.5 Å². The van der Waals surface area contributed by atoms with Crippen LogP contribution >= 0.6 is 0 Å². The van der Waals surface area contributed by atoms with Gasteiger partial charge in [0.25, 0.3) is 5.91 Å². The Kier molecular flexibility index (Phi) is 5.88. The number of amides is 2. The maximum Gasteiger partial charge on any atom is 0.253 e. The summed E-state index contributed by atoms with van der Waals surface area (Å²) in [5.41, 5.74) is 4.64. The number of piperidine rings is 1. The van der Waals surface area contributed by atoms with Crippen LogP contribution < -0.4 is 5.32 Å². The molecule has 0 bridgehead atoms. The molecular formula is C24H29N3O3. The lowest BCUT2D eigenvalue weighted by molar-refractivity contribution is -0.121. The van der Waals surface area contributed by atoms with E-state index in [1.807, 2.05) is 32.2 Å². The SMILES string of the molecule is Cc1ccc(C(=O)N2CCC(O)CC2)cc1NC(=O)C1Cc2ccccc2CN1C. The maximum absolute atomic E-state index is 13.1. The fourth-order valence-electron chi connectivity index (χ4n) is 4.30. The van der Waals surface area contributed by atoms with E-state index in [0.29, 0.717) is 43.6 Å². The number of carbonyl (C=O) groups is 2. The molecular weight excluding hydrogens is 378 g/mol. The molecule has 158 valence electrons. The second-order valence-electron chi connectivity index (χ2n) is 8.45. The molecule has 0 spiro atoms. The first-order valence-corrected chi connectivity index (χ1v) is 10.6.